The number of nitrogens with one attached hydrogen (secondary N) is 1. The summed E-state index contributed by atoms with van der Waals surface area (Å²) in [6.45, 7) is 0.668. The number of carboxylic acid groups (broad SMARTS) is 1. The first-order valence-electron chi connectivity index (χ1n) is 3.28. The summed E-state index contributed by atoms with van der Waals surface area (Å²) in [5.74, 6) is -1.35. The maximum absolute atomic E-state index is 13.0. The van der Waals surface area contributed by atoms with E-state index in [1.807, 2.05) is 0 Å². The Hall–Kier alpha value is -0.640. The monoisotopic (exact) mass is 147 g/mol. The number of hydrogen-bond donors (Lipinski definition) is 2. The van der Waals surface area contributed by atoms with Crippen LogP contribution in [0.25, 0.3) is 0 Å². The summed E-state index contributed by atoms with van der Waals surface area (Å²) < 4.78 is 13.0. The summed E-state index contributed by atoms with van der Waals surface area (Å²) in [6.07, 6.45) is 0.734. The minimum absolute atomic E-state index is 0.0532. The van der Waals surface area contributed by atoms with Crippen LogP contribution in [0.5, 0.6) is 0 Å². The Morgan fingerprint density at radius 3 is 2.70 bits per heavy atom. The van der Waals surface area contributed by atoms with Gasteiger partial charge in [-0.15, -0.1) is 0 Å². The lowest BCUT2D eigenvalue weighted by Crippen LogP contribution is -2.47. The van der Waals surface area contributed by atoms with E-state index in [9.17, 15) is 9.18 Å². The van der Waals surface area contributed by atoms with Gasteiger partial charge in [-0.1, -0.05) is 0 Å². The fraction of sp³-hybridized carbons (Fsp3) is 0.833. The fourth-order valence-electron chi connectivity index (χ4n) is 1.05. The number of carboxylic acids is 1. The van der Waals surface area contributed by atoms with Crippen LogP contribution in [-0.2, 0) is 4.79 Å². The Kier molecular flexibility index (Phi) is 1.89. The van der Waals surface area contributed by atoms with Crippen LogP contribution in [0.2, 0.25) is 0 Å². The molecule has 0 aromatic rings. The van der Waals surface area contributed by atoms with Crippen molar-refractivity contribution < 1.29 is 14.3 Å². The van der Waals surface area contributed by atoms with Crippen LogP contribution >= 0.6 is 0 Å². The van der Waals surface area contributed by atoms with Crippen molar-refractivity contribution in [2.75, 3.05) is 13.1 Å². The minimum Gasteiger partial charge on any atom is -0.479 e. The number of rotatable bonds is 1. The van der Waals surface area contributed by atoms with E-state index in [0.29, 0.717) is 6.42 Å². The highest BCUT2D eigenvalue weighted by atomic mass is 19.1. The van der Waals surface area contributed by atoms with Crippen LogP contribution in [-0.4, -0.2) is 29.8 Å². The average Bonchev–Trinajstić information content (AvgIpc) is 1.89. The molecule has 0 aromatic heterocycles. The third-order valence-electron chi connectivity index (χ3n) is 1.72. The van der Waals surface area contributed by atoms with E-state index in [0.717, 1.165) is 6.54 Å². The van der Waals surface area contributed by atoms with Crippen LogP contribution in [0.15, 0.2) is 0 Å². The third kappa shape index (κ3) is 1.26. The van der Waals surface area contributed by atoms with Gasteiger partial charge >= 0.3 is 5.97 Å². The summed E-state index contributed by atoms with van der Waals surface area (Å²) in [6, 6.07) is 0. The number of alkyl halides is 1. The Bertz CT molecular complexity index is 143. The molecule has 4 heteroatoms. The molecule has 0 amide bonds. The van der Waals surface area contributed by atoms with Gasteiger partial charge in [-0.2, -0.15) is 0 Å². The normalized spacial score (nSPS) is 33.7. The molecule has 1 heterocycles. The molecule has 2 N–H and O–H groups in total. The molecule has 0 unspecified atom stereocenters. The average molecular weight is 147 g/mol. The lowest BCUT2D eigenvalue weighted by molar-refractivity contribution is -0.152. The quantitative estimate of drug-likeness (QED) is 0.555. The topological polar surface area (TPSA) is 49.3 Å². The highest BCUT2D eigenvalue weighted by Crippen LogP contribution is 2.20. The van der Waals surface area contributed by atoms with Gasteiger partial charge in [-0.25, -0.2) is 9.18 Å². The van der Waals surface area contributed by atoms with Crippen molar-refractivity contribution in [2.45, 2.75) is 18.5 Å². The zero-order valence-corrected chi connectivity index (χ0v) is 5.56. The third-order valence-corrected chi connectivity index (χ3v) is 1.72. The highest BCUT2D eigenvalue weighted by Gasteiger charge is 2.39. The predicted octanol–water partition coefficient (Wildman–Crippen LogP) is 0.163. The predicted molar refractivity (Wildman–Crippen MR) is 33.6 cm³/mol. The molecule has 3 nitrogen and oxygen atoms in total. The van der Waals surface area contributed by atoms with Crippen molar-refractivity contribution >= 4 is 5.97 Å². The van der Waals surface area contributed by atoms with Gasteiger partial charge in [-0.05, 0) is 19.4 Å². The molecular weight excluding hydrogens is 137 g/mol. The molecule has 58 valence electrons. The van der Waals surface area contributed by atoms with Gasteiger partial charge in [0.25, 0.3) is 0 Å². The van der Waals surface area contributed by atoms with Crippen molar-refractivity contribution in [1.29, 1.82) is 0 Å². The van der Waals surface area contributed by atoms with Gasteiger partial charge in [0.15, 0.2) is 0 Å². The molecule has 0 bridgehead atoms. The largest absolute Gasteiger partial charge is 0.479 e. The molecule has 1 atom stereocenters. The molecule has 1 fully saturated rings. The Balaban J connectivity index is 2.56. The minimum atomic E-state index is -2.02. The number of carbonyl (C=O) groups is 1. The summed E-state index contributed by atoms with van der Waals surface area (Å²) in [5, 5.41) is 11.1. The molecule has 10 heavy (non-hydrogen) atoms. The molecule has 0 spiro atoms. The molecule has 1 aliphatic rings. The van der Waals surface area contributed by atoms with Gasteiger partial charge in [0.2, 0.25) is 5.67 Å². The van der Waals surface area contributed by atoms with E-state index in [1.54, 1.807) is 0 Å². The number of halogens is 1. The van der Waals surface area contributed by atoms with E-state index in [-0.39, 0.29) is 13.0 Å². The summed E-state index contributed by atoms with van der Waals surface area (Å²) in [7, 11) is 0. The number of piperidine rings is 1. The van der Waals surface area contributed by atoms with Crippen LogP contribution in [0.1, 0.15) is 12.8 Å². The number of hydrogen-bond acceptors (Lipinski definition) is 2. The van der Waals surface area contributed by atoms with Crippen LogP contribution in [0.3, 0.4) is 0 Å². The van der Waals surface area contributed by atoms with E-state index in [1.165, 1.54) is 0 Å². The van der Waals surface area contributed by atoms with E-state index in [2.05, 4.69) is 5.32 Å². The van der Waals surface area contributed by atoms with Gasteiger partial charge in [0, 0.05) is 6.54 Å². The molecule has 1 saturated heterocycles. The van der Waals surface area contributed by atoms with Crippen molar-refractivity contribution in [3.05, 3.63) is 0 Å². The molecule has 0 aromatic carbocycles. The van der Waals surface area contributed by atoms with Crippen LogP contribution < -0.4 is 5.32 Å². The van der Waals surface area contributed by atoms with Gasteiger partial charge in [0.05, 0.1) is 0 Å². The lowest BCUT2D eigenvalue weighted by Gasteiger charge is -2.25. The second-order valence-electron chi connectivity index (χ2n) is 2.55. The smallest absolute Gasteiger partial charge is 0.342 e. The van der Waals surface area contributed by atoms with Crippen molar-refractivity contribution in [3.8, 4) is 0 Å². The van der Waals surface area contributed by atoms with E-state index >= 15 is 0 Å². The summed E-state index contributed by atoms with van der Waals surface area (Å²) in [5.41, 5.74) is -2.02. The zero-order valence-electron chi connectivity index (χ0n) is 5.56. The van der Waals surface area contributed by atoms with Gasteiger partial charge in [-0.3, -0.25) is 0 Å². The fourth-order valence-corrected chi connectivity index (χ4v) is 1.05. The Labute approximate surface area is 58.2 Å². The first-order valence-corrected chi connectivity index (χ1v) is 3.28. The van der Waals surface area contributed by atoms with E-state index < -0.39 is 11.6 Å². The number of aliphatic carboxylic acids is 1. The zero-order chi connectivity index (χ0) is 7.61. The molecule has 0 aliphatic carbocycles. The molecule has 0 saturated carbocycles. The second-order valence-corrected chi connectivity index (χ2v) is 2.55. The Morgan fingerprint density at radius 2 is 2.40 bits per heavy atom. The summed E-state index contributed by atoms with van der Waals surface area (Å²) >= 11 is 0. The SMILES string of the molecule is O=C(O)[C@]1(F)CCCNC1. The second kappa shape index (κ2) is 2.54. The lowest BCUT2D eigenvalue weighted by atomic mass is 9.97. The molecular formula is C6H10FNO2. The maximum atomic E-state index is 13.0. The van der Waals surface area contributed by atoms with Crippen molar-refractivity contribution in [2.24, 2.45) is 0 Å². The molecule has 0 radical (unpaired) electrons. The highest BCUT2D eigenvalue weighted by molar-refractivity contribution is 5.77. The van der Waals surface area contributed by atoms with Gasteiger partial charge in [0.1, 0.15) is 0 Å². The molecule has 1 aliphatic heterocycles. The maximum Gasteiger partial charge on any atom is 0.342 e. The standard InChI is InChI=1S/C6H10FNO2/c7-6(5(9)10)2-1-3-8-4-6/h8H,1-4H2,(H,9,10)/t6-/m0/s1. The Morgan fingerprint density at radius 1 is 1.70 bits per heavy atom. The van der Waals surface area contributed by atoms with Crippen molar-refractivity contribution in [1.82, 2.24) is 5.32 Å². The van der Waals surface area contributed by atoms with Crippen LogP contribution in [0.4, 0.5) is 4.39 Å². The van der Waals surface area contributed by atoms with Crippen LogP contribution in [0, 0.1) is 0 Å². The first kappa shape index (κ1) is 7.47. The first-order chi connectivity index (χ1) is 4.65. The van der Waals surface area contributed by atoms with Gasteiger partial charge < -0.3 is 10.4 Å². The molecule has 1 rings (SSSR count). The van der Waals surface area contributed by atoms with E-state index in [4.69, 9.17) is 5.11 Å². The summed E-state index contributed by atoms with van der Waals surface area (Å²) in [4.78, 5) is 10.3. The van der Waals surface area contributed by atoms with Crippen molar-refractivity contribution in [3.63, 3.8) is 0 Å².